The molecule has 0 bridgehead atoms. The molecule has 7 nitrogen and oxygen atoms in total. The van der Waals surface area contributed by atoms with E-state index in [0.717, 1.165) is 28.6 Å². The summed E-state index contributed by atoms with van der Waals surface area (Å²) in [6.07, 6.45) is 0. The normalized spacial score (nSPS) is 14.5. The second-order valence-corrected chi connectivity index (χ2v) is 8.45. The lowest BCUT2D eigenvalue weighted by molar-refractivity contribution is -0.118. The number of ether oxygens (including phenoxy) is 1. The van der Waals surface area contributed by atoms with E-state index < -0.39 is 10.0 Å². The summed E-state index contributed by atoms with van der Waals surface area (Å²) in [5, 5.41) is 5.96. The number of anilines is 1. The Balaban J connectivity index is 1.56. The van der Waals surface area contributed by atoms with Gasteiger partial charge >= 0.3 is 0 Å². The van der Waals surface area contributed by atoms with Gasteiger partial charge in [-0.3, -0.25) is 4.79 Å². The number of methoxy groups -OCH3 is 1. The largest absolute Gasteiger partial charge is 0.497 e. The molecule has 0 aliphatic carbocycles. The van der Waals surface area contributed by atoms with Crippen LogP contribution in [-0.4, -0.2) is 32.4 Å². The van der Waals surface area contributed by atoms with Crippen LogP contribution >= 0.6 is 11.8 Å². The monoisotopic (exact) mass is 405 g/mol. The van der Waals surface area contributed by atoms with Gasteiger partial charge in [-0.1, -0.05) is 30.0 Å². The Morgan fingerprint density at radius 2 is 1.96 bits per heavy atom. The molecule has 0 fully saturated rings. The molecule has 0 radical (unpaired) electrons. The molecule has 1 aliphatic rings. The fourth-order valence-corrected chi connectivity index (χ4v) is 4.50. The molecule has 0 saturated heterocycles. The Bertz CT molecular complexity index is 986. The van der Waals surface area contributed by atoms with E-state index in [-0.39, 0.29) is 21.7 Å². The number of sulfonamides is 1. The third kappa shape index (κ3) is 4.81. The molecule has 1 heterocycles. The minimum atomic E-state index is -3.76. The average Bonchev–Trinajstić information content (AvgIpc) is 2.64. The number of carbonyl (C=O) groups is 1. The molecule has 0 saturated carbocycles. The Labute approximate surface area is 162 Å². The molecule has 2 aromatic rings. The molecule has 142 valence electrons. The van der Waals surface area contributed by atoms with E-state index in [1.165, 1.54) is 6.07 Å². The molecule has 9 heteroatoms. The molecule has 27 heavy (non-hydrogen) atoms. The van der Waals surface area contributed by atoms with Crippen LogP contribution in [0.15, 0.2) is 51.8 Å². The highest BCUT2D eigenvalue weighted by Crippen LogP contribution is 2.30. The number of amides is 1. The van der Waals surface area contributed by atoms with Crippen molar-refractivity contribution in [3.05, 3.63) is 53.6 Å². The van der Waals surface area contributed by atoms with Crippen LogP contribution in [-0.2, 0) is 21.4 Å². The fourth-order valence-electron chi connectivity index (χ4n) is 2.45. The minimum Gasteiger partial charge on any atom is -0.497 e. The summed E-state index contributed by atoms with van der Waals surface area (Å²) in [6, 6.07) is 12.4. The Hall–Kier alpha value is -2.52. The van der Waals surface area contributed by atoms with E-state index in [0.29, 0.717) is 12.2 Å². The number of hydrogen-bond donors (Lipinski definition) is 2. The van der Waals surface area contributed by atoms with Crippen molar-refractivity contribution in [2.45, 2.75) is 18.4 Å². The smallest absolute Gasteiger partial charge is 0.286 e. The maximum Gasteiger partial charge on any atom is 0.286 e. The highest BCUT2D eigenvalue weighted by Gasteiger charge is 2.25. The van der Waals surface area contributed by atoms with E-state index in [1.807, 2.05) is 31.2 Å². The summed E-state index contributed by atoms with van der Waals surface area (Å²) in [7, 11) is -2.16. The Morgan fingerprint density at radius 3 is 2.67 bits per heavy atom. The zero-order valence-corrected chi connectivity index (χ0v) is 16.5. The van der Waals surface area contributed by atoms with Crippen LogP contribution in [0.5, 0.6) is 5.75 Å². The Morgan fingerprint density at radius 1 is 1.22 bits per heavy atom. The van der Waals surface area contributed by atoms with Crippen molar-refractivity contribution in [2.75, 3.05) is 18.2 Å². The van der Waals surface area contributed by atoms with Crippen LogP contribution in [0.25, 0.3) is 0 Å². The molecule has 2 N–H and O–H groups in total. The van der Waals surface area contributed by atoms with Gasteiger partial charge in [-0.25, -0.2) is 0 Å². The summed E-state index contributed by atoms with van der Waals surface area (Å²) in [6.45, 7) is 2.25. The first kappa shape index (κ1) is 19.2. The molecule has 1 aliphatic heterocycles. The minimum absolute atomic E-state index is 0.0542. The van der Waals surface area contributed by atoms with E-state index in [4.69, 9.17) is 4.74 Å². The topological polar surface area (TPSA) is 96.9 Å². The molecule has 3 rings (SSSR count). The van der Waals surface area contributed by atoms with Crippen molar-refractivity contribution in [1.82, 2.24) is 5.32 Å². The van der Waals surface area contributed by atoms with E-state index >= 15 is 0 Å². The number of nitrogens with one attached hydrogen (secondary N) is 2. The summed E-state index contributed by atoms with van der Waals surface area (Å²) in [4.78, 5) is 12.2. The van der Waals surface area contributed by atoms with Crippen molar-refractivity contribution in [2.24, 2.45) is 4.40 Å². The molecular formula is C18H19N3O4S2. The van der Waals surface area contributed by atoms with Crippen LogP contribution in [0.4, 0.5) is 5.69 Å². The molecule has 1 amide bonds. The van der Waals surface area contributed by atoms with Gasteiger partial charge in [0.05, 0.1) is 18.6 Å². The van der Waals surface area contributed by atoms with Crippen molar-refractivity contribution in [1.29, 1.82) is 0 Å². The highest BCUT2D eigenvalue weighted by molar-refractivity contribution is 8.15. The number of thioether (sulfide) groups is 1. The number of nitrogens with zero attached hydrogens (tertiary/aromatic N) is 1. The molecule has 0 aromatic heterocycles. The zero-order valence-electron chi connectivity index (χ0n) is 14.9. The van der Waals surface area contributed by atoms with Gasteiger partial charge in [0.2, 0.25) is 5.91 Å². The van der Waals surface area contributed by atoms with Gasteiger partial charge in [0, 0.05) is 6.54 Å². The van der Waals surface area contributed by atoms with Gasteiger partial charge in [0.1, 0.15) is 10.6 Å². The van der Waals surface area contributed by atoms with Gasteiger partial charge in [-0.15, -0.1) is 4.40 Å². The van der Waals surface area contributed by atoms with Crippen molar-refractivity contribution >= 4 is 38.5 Å². The molecule has 0 atom stereocenters. The number of hydrogen-bond acceptors (Lipinski definition) is 6. The summed E-state index contributed by atoms with van der Waals surface area (Å²) < 4.78 is 33.3. The standard InChI is InChI=1S/C18H19N3O4S2/c1-12-3-8-16-15(9-12)20-18(21-27(16,23)24)26-11-17(22)19-10-13-4-6-14(25-2)7-5-13/h3-9H,10-11H2,1-2H3,(H,19,22)(H,20,21). The van der Waals surface area contributed by atoms with Crippen LogP contribution < -0.4 is 15.4 Å². The predicted octanol–water partition coefficient (Wildman–Crippen LogP) is 2.52. The highest BCUT2D eigenvalue weighted by atomic mass is 32.2. The first-order valence-corrected chi connectivity index (χ1v) is 10.5. The maximum atomic E-state index is 12.3. The number of aryl methyl sites for hydroxylation is 1. The first-order chi connectivity index (χ1) is 12.9. The zero-order chi connectivity index (χ0) is 19.4. The fraction of sp³-hybridized carbons (Fsp3) is 0.222. The SMILES string of the molecule is COc1ccc(CNC(=O)CSC2=NS(=O)(=O)c3ccc(C)cc3N2)cc1. The number of fused-ring (bicyclic) bond motifs is 1. The summed E-state index contributed by atoms with van der Waals surface area (Å²) in [5.41, 5.74) is 2.35. The van der Waals surface area contributed by atoms with Crippen molar-refractivity contribution < 1.29 is 17.9 Å². The number of carbonyl (C=O) groups excluding carboxylic acids is 1. The van der Waals surface area contributed by atoms with Gasteiger partial charge in [-0.05, 0) is 42.3 Å². The number of benzene rings is 2. The molecule has 2 aromatic carbocycles. The van der Waals surface area contributed by atoms with Crippen LogP contribution in [0.1, 0.15) is 11.1 Å². The first-order valence-electron chi connectivity index (χ1n) is 8.12. The van der Waals surface area contributed by atoms with Crippen molar-refractivity contribution in [3.8, 4) is 5.75 Å². The lowest BCUT2D eigenvalue weighted by atomic mass is 10.2. The predicted molar refractivity (Wildman–Crippen MR) is 107 cm³/mol. The number of rotatable bonds is 5. The van der Waals surface area contributed by atoms with E-state index in [2.05, 4.69) is 15.0 Å². The molecule has 0 unspecified atom stereocenters. The maximum absolute atomic E-state index is 12.3. The lowest BCUT2D eigenvalue weighted by Crippen LogP contribution is -2.27. The third-order valence-electron chi connectivity index (χ3n) is 3.85. The van der Waals surface area contributed by atoms with Gasteiger partial charge in [-0.2, -0.15) is 8.42 Å². The van der Waals surface area contributed by atoms with Crippen LogP contribution in [0.2, 0.25) is 0 Å². The lowest BCUT2D eigenvalue weighted by Gasteiger charge is -2.18. The van der Waals surface area contributed by atoms with Crippen molar-refractivity contribution in [3.63, 3.8) is 0 Å². The van der Waals surface area contributed by atoms with Gasteiger partial charge < -0.3 is 15.4 Å². The van der Waals surface area contributed by atoms with Gasteiger partial charge in [0.15, 0.2) is 5.17 Å². The molecule has 0 spiro atoms. The summed E-state index contributed by atoms with van der Waals surface area (Å²) >= 11 is 1.05. The van der Waals surface area contributed by atoms with Crippen LogP contribution in [0, 0.1) is 6.92 Å². The van der Waals surface area contributed by atoms with Crippen LogP contribution in [0.3, 0.4) is 0 Å². The second-order valence-electron chi connectivity index (χ2n) is 5.91. The quantitative estimate of drug-likeness (QED) is 0.793. The van der Waals surface area contributed by atoms with E-state index in [9.17, 15) is 13.2 Å². The molecular weight excluding hydrogens is 386 g/mol. The third-order valence-corrected chi connectivity index (χ3v) is 6.17. The van der Waals surface area contributed by atoms with Gasteiger partial charge in [0.25, 0.3) is 10.0 Å². The van der Waals surface area contributed by atoms with E-state index in [1.54, 1.807) is 19.2 Å². The number of amidine groups is 1. The Kier molecular flexibility index (Phi) is 5.71. The summed E-state index contributed by atoms with van der Waals surface area (Å²) in [5.74, 6) is 0.588. The second kappa shape index (κ2) is 8.01. The average molecular weight is 406 g/mol.